The minimum atomic E-state index is -4.41. The van der Waals surface area contributed by atoms with Gasteiger partial charge < -0.3 is 16.4 Å². The summed E-state index contributed by atoms with van der Waals surface area (Å²) in [5.74, 6) is 0. The van der Waals surface area contributed by atoms with Gasteiger partial charge in [0.2, 0.25) is 0 Å². The molecule has 2 unspecified atom stereocenters. The molecule has 1 aliphatic rings. The molecule has 6 nitrogen and oxygen atoms in total. The number of benzene rings is 1. The SMILES string of the molecule is CNC1CN(Cc2ccc(N)cc2C(F)(F)F)CC(NC)N1NC. The average molecular weight is 346 g/mol. The van der Waals surface area contributed by atoms with Crippen LogP contribution in [0.15, 0.2) is 18.2 Å². The maximum Gasteiger partial charge on any atom is 0.416 e. The molecule has 1 aromatic rings. The highest BCUT2D eigenvalue weighted by atomic mass is 19.4. The third-order valence-corrected chi connectivity index (χ3v) is 4.29. The van der Waals surface area contributed by atoms with Crippen molar-refractivity contribution in [1.29, 1.82) is 0 Å². The minimum Gasteiger partial charge on any atom is -0.399 e. The van der Waals surface area contributed by atoms with Gasteiger partial charge in [-0.3, -0.25) is 10.3 Å². The van der Waals surface area contributed by atoms with Crippen molar-refractivity contribution < 1.29 is 13.2 Å². The molecule has 2 atom stereocenters. The van der Waals surface area contributed by atoms with Crippen molar-refractivity contribution in [1.82, 2.24) is 26.0 Å². The highest BCUT2D eigenvalue weighted by Crippen LogP contribution is 2.34. The molecular formula is C15H25F3N6. The van der Waals surface area contributed by atoms with E-state index in [1.54, 1.807) is 0 Å². The number of nitrogens with one attached hydrogen (secondary N) is 3. The first-order valence-electron chi connectivity index (χ1n) is 7.78. The smallest absolute Gasteiger partial charge is 0.399 e. The second-order valence-electron chi connectivity index (χ2n) is 5.85. The molecule has 0 aromatic heterocycles. The number of piperazine rings is 1. The van der Waals surface area contributed by atoms with Gasteiger partial charge in [0.25, 0.3) is 0 Å². The zero-order valence-electron chi connectivity index (χ0n) is 14.1. The number of anilines is 1. The van der Waals surface area contributed by atoms with E-state index < -0.39 is 11.7 Å². The van der Waals surface area contributed by atoms with Crippen LogP contribution in [0.4, 0.5) is 18.9 Å². The summed E-state index contributed by atoms with van der Waals surface area (Å²) in [6.07, 6.45) is -4.46. The number of nitrogens with two attached hydrogens (primary N) is 1. The molecule has 0 spiro atoms. The number of halogens is 3. The van der Waals surface area contributed by atoms with Crippen LogP contribution in [0, 0.1) is 0 Å². The molecule has 0 amide bonds. The molecule has 9 heteroatoms. The first-order chi connectivity index (χ1) is 11.3. The Morgan fingerprint density at radius 2 is 1.71 bits per heavy atom. The van der Waals surface area contributed by atoms with Gasteiger partial charge in [0.15, 0.2) is 0 Å². The van der Waals surface area contributed by atoms with Crippen molar-refractivity contribution in [3.63, 3.8) is 0 Å². The van der Waals surface area contributed by atoms with E-state index in [1.807, 2.05) is 31.1 Å². The lowest BCUT2D eigenvalue weighted by Crippen LogP contribution is -2.69. The lowest BCUT2D eigenvalue weighted by Gasteiger charge is -2.46. The zero-order chi connectivity index (χ0) is 17.9. The van der Waals surface area contributed by atoms with Gasteiger partial charge in [-0.1, -0.05) is 6.07 Å². The third kappa shape index (κ3) is 4.17. The van der Waals surface area contributed by atoms with Gasteiger partial charge in [0.1, 0.15) is 0 Å². The van der Waals surface area contributed by atoms with Crippen LogP contribution in [-0.2, 0) is 12.7 Å². The molecule has 0 bridgehead atoms. The second kappa shape index (κ2) is 7.66. The number of hydrogen-bond donors (Lipinski definition) is 4. The van der Waals surface area contributed by atoms with Crippen molar-refractivity contribution in [3.05, 3.63) is 29.3 Å². The predicted octanol–water partition coefficient (Wildman–Crippen LogP) is 0.631. The van der Waals surface area contributed by atoms with Gasteiger partial charge in [-0.05, 0) is 38.8 Å². The predicted molar refractivity (Wildman–Crippen MR) is 87.7 cm³/mol. The van der Waals surface area contributed by atoms with E-state index >= 15 is 0 Å². The van der Waals surface area contributed by atoms with Crippen molar-refractivity contribution >= 4 is 5.69 Å². The maximum absolute atomic E-state index is 13.3. The van der Waals surface area contributed by atoms with Crippen LogP contribution in [0.2, 0.25) is 0 Å². The third-order valence-electron chi connectivity index (χ3n) is 4.29. The van der Waals surface area contributed by atoms with Gasteiger partial charge in [-0.15, -0.1) is 0 Å². The monoisotopic (exact) mass is 346 g/mol. The fourth-order valence-corrected chi connectivity index (χ4v) is 3.10. The summed E-state index contributed by atoms with van der Waals surface area (Å²) in [4.78, 5) is 2.00. The van der Waals surface area contributed by atoms with Crippen LogP contribution in [0.3, 0.4) is 0 Å². The Morgan fingerprint density at radius 3 is 2.17 bits per heavy atom. The number of alkyl halides is 3. The molecule has 0 aliphatic carbocycles. The number of rotatable bonds is 5. The molecule has 1 aliphatic heterocycles. The van der Waals surface area contributed by atoms with E-state index in [2.05, 4.69) is 16.1 Å². The van der Waals surface area contributed by atoms with E-state index in [9.17, 15) is 13.2 Å². The average Bonchev–Trinajstić information content (AvgIpc) is 2.54. The number of likely N-dealkylation sites (N-methyl/N-ethyl adjacent to an activating group) is 2. The molecule has 1 saturated heterocycles. The van der Waals surface area contributed by atoms with Gasteiger partial charge >= 0.3 is 6.18 Å². The van der Waals surface area contributed by atoms with Gasteiger partial charge in [-0.25, -0.2) is 5.01 Å². The standard InChI is InChI=1S/C15H25F3N6/c1-20-13-8-23(9-14(21-2)24(13)22-3)7-10-4-5-11(19)6-12(10)15(16,17)18/h4-6,13-14,20-22H,7-9,19H2,1-3H3. The van der Waals surface area contributed by atoms with E-state index in [4.69, 9.17) is 5.73 Å². The lowest BCUT2D eigenvalue weighted by molar-refractivity contribution is -0.138. The van der Waals surface area contributed by atoms with E-state index in [-0.39, 0.29) is 30.1 Å². The Labute approximate surface area is 140 Å². The van der Waals surface area contributed by atoms with Crippen molar-refractivity contribution in [2.24, 2.45) is 0 Å². The van der Waals surface area contributed by atoms with Crippen LogP contribution < -0.4 is 21.8 Å². The minimum absolute atomic E-state index is 0.0238. The highest BCUT2D eigenvalue weighted by molar-refractivity contribution is 5.46. The number of hydrazine groups is 1. The molecule has 136 valence electrons. The van der Waals surface area contributed by atoms with Crippen LogP contribution in [-0.4, -0.2) is 56.5 Å². The van der Waals surface area contributed by atoms with Gasteiger partial charge in [0.05, 0.1) is 17.9 Å². The van der Waals surface area contributed by atoms with Crippen LogP contribution in [0.25, 0.3) is 0 Å². The zero-order valence-corrected chi connectivity index (χ0v) is 14.1. The van der Waals surface area contributed by atoms with Crippen molar-refractivity contribution in [2.45, 2.75) is 25.1 Å². The summed E-state index contributed by atoms with van der Waals surface area (Å²) < 4.78 is 39.8. The number of nitrogen functional groups attached to an aromatic ring is 1. The van der Waals surface area contributed by atoms with E-state index in [1.165, 1.54) is 12.1 Å². The summed E-state index contributed by atoms with van der Waals surface area (Å²) in [7, 11) is 5.48. The Bertz CT molecular complexity index is 537. The quantitative estimate of drug-likeness (QED) is 0.587. The normalized spacial score (nSPS) is 23.6. The first kappa shape index (κ1) is 18.9. The lowest BCUT2D eigenvalue weighted by atomic mass is 10.0. The number of nitrogens with zero attached hydrogens (tertiary/aromatic N) is 2. The van der Waals surface area contributed by atoms with Crippen LogP contribution in [0.5, 0.6) is 0 Å². The fourth-order valence-electron chi connectivity index (χ4n) is 3.10. The molecule has 0 saturated carbocycles. The molecule has 0 radical (unpaired) electrons. The van der Waals surface area contributed by atoms with Crippen molar-refractivity contribution in [3.8, 4) is 0 Å². The molecular weight excluding hydrogens is 321 g/mol. The maximum atomic E-state index is 13.3. The van der Waals surface area contributed by atoms with Crippen LogP contribution >= 0.6 is 0 Å². The van der Waals surface area contributed by atoms with Gasteiger partial charge in [0, 0.05) is 25.3 Å². The topological polar surface area (TPSA) is 68.6 Å². The fraction of sp³-hybridized carbons (Fsp3) is 0.600. The van der Waals surface area contributed by atoms with E-state index in [0.717, 1.165) is 6.07 Å². The summed E-state index contributed by atoms with van der Waals surface area (Å²) in [6.45, 7) is 1.40. The Balaban J connectivity index is 2.22. The summed E-state index contributed by atoms with van der Waals surface area (Å²) in [5, 5.41) is 8.37. The molecule has 24 heavy (non-hydrogen) atoms. The van der Waals surface area contributed by atoms with Crippen molar-refractivity contribution in [2.75, 3.05) is 40.0 Å². The van der Waals surface area contributed by atoms with Crippen LogP contribution in [0.1, 0.15) is 11.1 Å². The Morgan fingerprint density at radius 1 is 1.12 bits per heavy atom. The second-order valence-corrected chi connectivity index (χ2v) is 5.85. The Kier molecular flexibility index (Phi) is 6.05. The highest BCUT2D eigenvalue weighted by Gasteiger charge is 2.36. The van der Waals surface area contributed by atoms with Gasteiger partial charge in [-0.2, -0.15) is 13.2 Å². The molecule has 1 heterocycles. The molecule has 1 fully saturated rings. The summed E-state index contributed by atoms with van der Waals surface area (Å²) in [5.41, 5.74) is 8.34. The van der Waals surface area contributed by atoms with E-state index in [0.29, 0.717) is 13.1 Å². The molecule has 5 N–H and O–H groups in total. The first-order valence-corrected chi connectivity index (χ1v) is 7.78. The number of hydrogen-bond acceptors (Lipinski definition) is 6. The largest absolute Gasteiger partial charge is 0.416 e. The summed E-state index contributed by atoms with van der Waals surface area (Å²) in [6, 6.07) is 3.98. The molecule has 2 rings (SSSR count). The Hall–Kier alpha value is -1.39. The summed E-state index contributed by atoms with van der Waals surface area (Å²) >= 11 is 0. The molecule has 1 aromatic carbocycles.